The molecule has 2 atom stereocenters. The topological polar surface area (TPSA) is 9.23 Å². The SMILES string of the molecule is CCCC(c1ccccc1)C(Cl)OC. The van der Waals surface area contributed by atoms with Gasteiger partial charge >= 0.3 is 0 Å². The van der Waals surface area contributed by atoms with Crippen molar-refractivity contribution in [2.45, 2.75) is 31.2 Å². The van der Waals surface area contributed by atoms with E-state index in [4.69, 9.17) is 16.3 Å². The molecule has 0 heterocycles. The summed E-state index contributed by atoms with van der Waals surface area (Å²) in [6.07, 6.45) is 2.18. The molecule has 0 saturated heterocycles. The molecule has 0 aliphatic rings. The molecule has 0 spiro atoms. The molecule has 0 aromatic heterocycles. The monoisotopic (exact) mass is 212 g/mol. The van der Waals surface area contributed by atoms with E-state index in [1.54, 1.807) is 7.11 Å². The van der Waals surface area contributed by atoms with Crippen molar-refractivity contribution >= 4 is 11.6 Å². The molecule has 2 unspecified atom stereocenters. The van der Waals surface area contributed by atoms with Gasteiger partial charge in [0.05, 0.1) is 0 Å². The Bertz CT molecular complexity index is 248. The zero-order chi connectivity index (χ0) is 10.4. The Kier molecular flexibility index (Phi) is 4.99. The van der Waals surface area contributed by atoms with Gasteiger partial charge in [-0.05, 0) is 12.0 Å². The maximum Gasteiger partial charge on any atom is 0.137 e. The van der Waals surface area contributed by atoms with Crippen LogP contribution < -0.4 is 0 Å². The number of benzene rings is 1. The quantitative estimate of drug-likeness (QED) is 0.675. The molecule has 2 heteroatoms. The number of alkyl halides is 1. The summed E-state index contributed by atoms with van der Waals surface area (Å²) >= 11 is 6.12. The third-order valence-corrected chi connectivity index (χ3v) is 2.85. The Morgan fingerprint density at radius 2 is 1.93 bits per heavy atom. The molecule has 0 amide bonds. The van der Waals surface area contributed by atoms with Crippen LogP contribution in [0, 0.1) is 0 Å². The van der Waals surface area contributed by atoms with Crippen LogP contribution in [0.15, 0.2) is 30.3 Å². The Balaban J connectivity index is 2.77. The Morgan fingerprint density at radius 3 is 2.43 bits per heavy atom. The highest BCUT2D eigenvalue weighted by atomic mass is 35.5. The van der Waals surface area contributed by atoms with Crippen molar-refractivity contribution in [3.8, 4) is 0 Å². The average Bonchev–Trinajstić information content (AvgIpc) is 2.26. The minimum Gasteiger partial charge on any atom is -0.365 e. The highest BCUT2D eigenvalue weighted by molar-refractivity contribution is 6.20. The summed E-state index contributed by atoms with van der Waals surface area (Å²) in [4.78, 5) is 0. The molecule has 1 rings (SSSR count). The highest BCUT2D eigenvalue weighted by Crippen LogP contribution is 2.28. The molecule has 14 heavy (non-hydrogen) atoms. The standard InChI is InChI=1S/C12H17ClO/c1-3-7-11(12(13)14-2)10-8-5-4-6-9-10/h4-6,8-9,11-12H,3,7H2,1-2H3. The molecule has 0 N–H and O–H groups in total. The molecular formula is C12H17ClO. The van der Waals surface area contributed by atoms with E-state index in [0.29, 0.717) is 5.92 Å². The van der Waals surface area contributed by atoms with Crippen LogP contribution in [0.25, 0.3) is 0 Å². The van der Waals surface area contributed by atoms with Gasteiger partial charge < -0.3 is 4.74 Å². The van der Waals surface area contributed by atoms with Crippen molar-refractivity contribution in [2.75, 3.05) is 7.11 Å². The van der Waals surface area contributed by atoms with Crippen molar-refractivity contribution in [3.05, 3.63) is 35.9 Å². The van der Waals surface area contributed by atoms with Crippen LogP contribution in [0.2, 0.25) is 0 Å². The smallest absolute Gasteiger partial charge is 0.137 e. The van der Waals surface area contributed by atoms with Gasteiger partial charge in [0.1, 0.15) is 5.56 Å². The van der Waals surface area contributed by atoms with Gasteiger partial charge in [-0.3, -0.25) is 0 Å². The normalized spacial score (nSPS) is 15.1. The molecular weight excluding hydrogens is 196 g/mol. The van der Waals surface area contributed by atoms with E-state index in [9.17, 15) is 0 Å². The molecule has 78 valence electrons. The second-order valence-corrected chi connectivity index (χ2v) is 3.82. The first-order chi connectivity index (χ1) is 6.79. The molecule has 0 fully saturated rings. The number of halogens is 1. The Morgan fingerprint density at radius 1 is 1.29 bits per heavy atom. The lowest BCUT2D eigenvalue weighted by Crippen LogP contribution is -2.14. The molecule has 0 aliphatic heterocycles. The summed E-state index contributed by atoms with van der Waals surface area (Å²) < 4.78 is 5.18. The van der Waals surface area contributed by atoms with Gasteiger partial charge in [-0.15, -0.1) is 0 Å². The first-order valence-electron chi connectivity index (χ1n) is 5.01. The van der Waals surface area contributed by atoms with Crippen molar-refractivity contribution in [1.29, 1.82) is 0 Å². The zero-order valence-electron chi connectivity index (χ0n) is 8.74. The summed E-state index contributed by atoms with van der Waals surface area (Å²) in [6.45, 7) is 2.16. The third-order valence-electron chi connectivity index (χ3n) is 2.37. The number of hydrogen-bond acceptors (Lipinski definition) is 1. The lowest BCUT2D eigenvalue weighted by molar-refractivity contribution is 0.140. The fourth-order valence-electron chi connectivity index (χ4n) is 1.62. The Hall–Kier alpha value is -0.530. The maximum absolute atomic E-state index is 6.12. The molecule has 1 aromatic carbocycles. The number of rotatable bonds is 5. The summed E-state index contributed by atoms with van der Waals surface area (Å²) in [6, 6.07) is 10.3. The number of hydrogen-bond donors (Lipinski definition) is 0. The van der Waals surface area contributed by atoms with Crippen LogP contribution in [0.5, 0.6) is 0 Å². The summed E-state index contributed by atoms with van der Waals surface area (Å²) in [5, 5.41) is 0. The molecule has 0 saturated carbocycles. The Labute approximate surface area is 91.0 Å². The van der Waals surface area contributed by atoms with Crippen LogP contribution in [0.4, 0.5) is 0 Å². The fraction of sp³-hybridized carbons (Fsp3) is 0.500. The third kappa shape index (κ3) is 3.00. The molecule has 1 nitrogen and oxygen atoms in total. The largest absolute Gasteiger partial charge is 0.365 e. The minimum absolute atomic E-state index is 0.225. The van der Waals surface area contributed by atoms with Crippen molar-refractivity contribution < 1.29 is 4.74 Å². The lowest BCUT2D eigenvalue weighted by atomic mass is 9.95. The first-order valence-corrected chi connectivity index (χ1v) is 5.45. The second kappa shape index (κ2) is 6.05. The van der Waals surface area contributed by atoms with Gasteiger partial charge in [0.25, 0.3) is 0 Å². The van der Waals surface area contributed by atoms with Crippen LogP contribution in [0.3, 0.4) is 0 Å². The predicted octanol–water partition coefficient (Wildman–Crippen LogP) is 3.78. The second-order valence-electron chi connectivity index (χ2n) is 3.39. The van der Waals surface area contributed by atoms with E-state index in [2.05, 4.69) is 19.1 Å². The molecule has 1 aromatic rings. The average molecular weight is 213 g/mol. The van der Waals surface area contributed by atoms with Crippen molar-refractivity contribution in [3.63, 3.8) is 0 Å². The number of methoxy groups -OCH3 is 1. The summed E-state index contributed by atoms with van der Waals surface area (Å²) in [5.74, 6) is 0.299. The van der Waals surface area contributed by atoms with Crippen LogP contribution in [-0.2, 0) is 4.74 Å². The molecule has 0 radical (unpaired) electrons. The van der Waals surface area contributed by atoms with Gasteiger partial charge in [-0.1, -0.05) is 55.3 Å². The summed E-state index contributed by atoms with van der Waals surface area (Å²) in [5.41, 5.74) is 1.04. The maximum atomic E-state index is 6.12. The van der Waals surface area contributed by atoms with E-state index in [-0.39, 0.29) is 5.56 Å². The zero-order valence-corrected chi connectivity index (χ0v) is 9.50. The summed E-state index contributed by atoms with van der Waals surface area (Å²) in [7, 11) is 1.66. The molecule has 0 aliphatic carbocycles. The van der Waals surface area contributed by atoms with Crippen LogP contribution in [-0.4, -0.2) is 12.7 Å². The van der Waals surface area contributed by atoms with Gasteiger partial charge in [0.15, 0.2) is 0 Å². The van der Waals surface area contributed by atoms with E-state index in [1.165, 1.54) is 5.56 Å². The van der Waals surface area contributed by atoms with Crippen LogP contribution in [0.1, 0.15) is 31.2 Å². The van der Waals surface area contributed by atoms with Gasteiger partial charge in [-0.25, -0.2) is 0 Å². The number of ether oxygens (including phenoxy) is 1. The van der Waals surface area contributed by atoms with E-state index < -0.39 is 0 Å². The van der Waals surface area contributed by atoms with E-state index in [1.807, 2.05) is 18.2 Å². The van der Waals surface area contributed by atoms with E-state index in [0.717, 1.165) is 12.8 Å². The van der Waals surface area contributed by atoms with Crippen LogP contribution >= 0.6 is 11.6 Å². The van der Waals surface area contributed by atoms with Gasteiger partial charge in [-0.2, -0.15) is 0 Å². The van der Waals surface area contributed by atoms with Crippen molar-refractivity contribution in [2.24, 2.45) is 0 Å². The lowest BCUT2D eigenvalue weighted by Gasteiger charge is -2.20. The highest BCUT2D eigenvalue weighted by Gasteiger charge is 2.19. The van der Waals surface area contributed by atoms with E-state index >= 15 is 0 Å². The molecule has 0 bridgehead atoms. The van der Waals surface area contributed by atoms with Crippen molar-refractivity contribution in [1.82, 2.24) is 0 Å². The fourth-order valence-corrected chi connectivity index (χ4v) is 1.90. The predicted molar refractivity (Wildman–Crippen MR) is 60.7 cm³/mol. The minimum atomic E-state index is -0.225. The van der Waals surface area contributed by atoms with Gasteiger partial charge in [0.2, 0.25) is 0 Å². The first kappa shape index (κ1) is 11.5. The van der Waals surface area contributed by atoms with Gasteiger partial charge in [0, 0.05) is 13.0 Å².